The van der Waals surface area contributed by atoms with Crippen LogP contribution in [0.3, 0.4) is 0 Å². The Kier molecular flexibility index (Phi) is 6.93. The van der Waals surface area contributed by atoms with Crippen molar-refractivity contribution in [2.45, 2.75) is 33.2 Å². The summed E-state index contributed by atoms with van der Waals surface area (Å²) in [5, 5.41) is 7.22. The molecule has 33 heavy (non-hydrogen) atoms. The highest BCUT2D eigenvalue weighted by Crippen LogP contribution is 2.31. The van der Waals surface area contributed by atoms with Crippen molar-refractivity contribution in [3.63, 3.8) is 0 Å². The number of rotatable bonds is 7. The molecule has 1 amide bonds. The van der Waals surface area contributed by atoms with Crippen LogP contribution in [0.1, 0.15) is 29.9 Å². The van der Waals surface area contributed by atoms with Gasteiger partial charge in [-0.05, 0) is 75.2 Å². The molecule has 8 heteroatoms. The summed E-state index contributed by atoms with van der Waals surface area (Å²) in [5.41, 5.74) is 3.91. The summed E-state index contributed by atoms with van der Waals surface area (Å²) >= 11 is 0. The standard InChI is InChI=1S/C25H30N4O4/c1-16-5-6-17(2)20(13-16)26-25(30)18-9-11-29(12-10-18)15-23-27-24(28-33-23)19-7-8-21(31-3)22(14-19)32-4/h5-8,13-14,18H,9-12,15H2,1-4H3,(H,26,30). The highest BCUT2D eigenvalue weighted by atomic mass is 16.5. The van der Waals surface area contributed by atoms with Gasteiger partial charge in [0.2, 0.25) is 17.6 Å². The number of hydrogen-bond acceptors (Lipinski definition) is 7. The van der Waals surface area contributed by atoms with Crippen LogP contribution in [0, 0.1) is 19.8 Å². The van der Waals surface area contributed by atoms with Crippen molar-refractivity contribution >= 4 is 11.6 Å². The van der Waals surface area contributed by atoms with Gasteiger partial charge in [-0.15, -0.1) is 0 Å². The van der Waals surface area contributed by atoms with Crippen molar-refractivity contribution in [1.29, 1.82) is 0 Å². The predicted octanol–water partition coefficient (Wildman–Crippen LogP) is 4.22. The molecule has 2 heterocycles. The van der Waals surface area contributed by atoms with E-state index in [1.54, 1.807) is 14.2 Å². The van der Waals surface area contributed by atoms with Crippen LogP contribution in [0.2, 0.25) is 0 Å². The van der Waals surface area contributed by atoms with Gasteiger partial charge in [-0.3, -0.25) is 9.69 Å². The average Bonchev–Trinajstić information content (AvgIpc) is 3.29. The number of carbonyl (C=O) groups excluding carboxylic acids is 1. The number of aryl methyl sites for hydroxylation is 2. The third-order valence-electron chi connectivity index (χ3n) is 6.08. The number of piperidine rings is 1. The van der Waals surface area contributed by atoms with Gasteiger partial charge in [-0.2, -0.15) is 4.98 Å². The van der Waals surface area contributed by atoms with Crippen LogP contribution in [0.25, 0.3) is 11.4 Å². The van der Waals surface area contributed by atoms with E-state index in [1.165, 1.54) is 0 Å². The lowest BCUT2D eigenvalue weighted by Gasteiger charge is -2.30. The minimum atomic E-state index is 0.00572. The second-order valence-electron chi connectivity index (χ2n) is 8.44. The monoisotopic (exact) mass is 450 g/mol. The molecule has 4 rings (SSSR count). The molecule has 1 fully saturated rings. The molecule has 2 aromatic carbocycles. The van der Waals surface area contributed by atoms with E-state index in [1.807, 2.05) is 44.2 Å². The maximum absolute atomic E-state index is 12.8. The van der Waals surface area contributed by atoms with Crippen LogP contribution >= 0.6 is 0 Å². The molecule has 1 aromatic heterocycles. The number of likely N-dealkylation sites (tertiary alicyclic amines) is 1. The minimum absolute atomic E-state index is 0.00572. The number of nitrogens with one attached hydrogen (secondary N) is 1. The van der Waals surface area contributed by atoms with Crippen molar-refractivity contribution in [3.05, 3.63) is 53.4 Å². The van der Waals surface area contributed by atoms with Crippen molar-refractivity contribution in [2.24, 2.45) is 5.92 Å². The summed E-state index contributed by atoms with van der Waals surface area (Å²) in [6.07, 6.45) is 1.60. The summed E-state index contributed by atoms with van der Waals surface area (Å²) in [6, 6.07) is 11.6. The van der Waals surface area contributed by atoms with Crippen molar-refractivity contribution in [1.82, 2.24) is 15.0 Å². The number of benzene rings is 2. The topological polar surface area (TPSA) is 89.7 Å². The molecule has 1 N–H and O–H groups in total. The van der Waals surface area contributed by atoms with E-state index in [2.05, 4.69) is 26.4 Å². The maximum atomic E-state index is 12.8. The van der Waals surface area contributed by atoms with Crippen LogP contribution < -0.4 is 14.8 Å². The van der Waals surface area contributed by atoms with Gasteiger partial charge in [0.25, 0.3) is 0 Å². The molecule has 0 saturated carbocycles. The van der Waals surface area contributed by atoms with Crippen molar-refractivity contribution in [3.8, 4) is 22.9 Å². The fraction of sp³-hybridized carbons (Fsp3) is 0.400. The predicted molar refractivity (Wildman–Crippen MR) is 125 cm³/mol. The van der Waals surface area contributed by atoms with E-state index >= 15 is 0 Å². The molecule has 3 aromatic rings. The number of hydrogen-bond donors (Lipinski definition) is 1. The van der Waals surface area contributed by atoms with E-state index < -0.39 is 0 Å². The lowest BCUT2D eigenvalue weighted by atomic mass is 9.95. The van der Waals surface area contributed by atoms with Crippen LogP contribution in [0.15, 0.2) is 40.9 Å². The molecule has 0 atom stereocenters. The Morgan fingerprint density at radius 3 is 2.58 bits per heavy atom. The minimum Gasteiger partial charge on any atom is -0.493 e. The van der Waals surface area contributed by atoms with E-state index in [9.17, 15) is 4.79 Å². The van der Waals surface area contributed by atoms with Crippen LogP contribution in [0.4, 0.5) is 5.69 Å². The third-order valence-corrected chi connectivity index (χ3v) is 6.08. The number of aromatic nitrogens is 2. The first-order valence-corrected chi connectivity index (χ1v) is 11.1. The van der Waals surface area contributed by atoms with Gasteiger partial charge in [-0.25, -0.2) is 0 Å². The first-order valence-electron chi connectivity index (χ1n) is 11.1. The summed E-state index contributed by atoms with van der Waals surface area (Å²) in [6.45, 7) is 6.21. The van der Waals surface area contributed by atoms with Gasteiger partial charge >= 0.3 is 0 Å². The SMILES string of the molecule is COc1ccc(-c2noc(CN3CCC(C(=O)Nc4cc(C)ccc4C)CC3)n2)cc1OC. The van der Waals surface area contributed by atoms with Gasteiger partial charge in [0.1, 0.15) is 0 Å². The molecule has 0 radical (unpaired) electrons. The van der Waals surface area contributed by atoms with Crippen LogP contribution in [-0.4, -0.2) is 48.3 Å². The summed E-state index contributed by atoms with van der Waals surface area (Å²) in [4.78, 5) is 19.5. The lowest BCUT2D eigenvalue weighted by Crippen LogP contribution is -2.37. The number of methoxy groups -OCH3 is 2. The van der Waals surface area contributed by atoms with Gasteiger partial charge in [0.15, 0.2) is 11.5 Å². The van der Waals surface area contributed by atoms with Crippen molar-refractivity contribution < 1.29 is 18.8 Å². The highest BCUT2D eigenvalue weighted by molar-refractivity contribution is 5.93. The first-order chi connectivity index (χ1) is 16.0. The Morgan fingerprint density at radius 2 is 1.85 bits per heavy atom. The zero-order valence-corrected chi connectivity index (χ0v) is 19.6. The number of amides is 1. The smallest absolute Gasteiger partial charge is 0.241 e. The van der Waals surface area contributed by atoms with Crippen LogP contribution in [-0.2, 0) is 11.3 Å². The zero-order chi connectivity index (χ0) is 23.4. The summed E-state index contributed by atoms with van der Waals surface area (Å²) < 4.78 is 16.1. The van der Waals surface area contributed by atoms with E-state index in [0.29, 0.717) is 29.8 Å². The van der Waals surface area contributed by atoms with E-state index in [4.69, 9.17) is 14.0 Å². The second-order valence-corrected chi connectivity index (χ2v) is 8.44. The number of carbonyl (C=O) groups is 1. The Bertz CT molecular complexity index is 1120. The van der Waals surface area contributed by atoms with Gasteiger partial charge in [0, 0.05) is 17.2 Å². The fourth-order valence-electron chi connectivity index (χ4n) is 4.06. The van der Waals surface area contributed by atoms with E-state index in [-0.39, 0.29) is 11.8 Å². The summed E-state index contributed by atoms with van der Waals surface area (Å²) in [5.74, 6) is 2.42. The maximum Gasteiger partial charge on any atom is 0.241 e. The largest absolute Gasteiger partial charge is 0.493 e. The number of ether oxygens (including phenoxy) is 2. The Balaban J connectivity index is 1.32. The van der Waals surface area contributed by atoms with Crippen molar-refractivity contribution in [2.75, 3.05) is 32.6 Å². The molecule has 0 aliphatic carbocycles. The molecule has 1 aliphatic rings. The molecule has 0 spiro atoms. The van der Waals surface area contributed by atoms with Gasteiger partial charge < -0.3 is 19.3 Å². The first kappa shape index (κ1) is 22.8. The Morgan fingerprint density at radius 1 is 1.09 bits per heavy atom. The molecule has 1 aliphatic heterocycles. The average molecular weight is 451 g/mol. The third kappa shape index (κ3) is 5.34. The highest BCUT2D eigenvalue weighted by Gasteiger charge is 2.26. The lowest BCUT2D eigenvalue weighted by molar-refractivity contribution is -0.121. The number of nitrogens with zero attached hydrogens (tertiary/aromatic N) is 3. The quantitative estimate of drug-likeness (QED) is 0.576. The van der Waals surface area contributed by atoms with Gasteiger partial charge in [-0.1, -0.05) is 17.3 Å². The Labute approximate surface area is 193 Å². The molecule has 174 valence electrons. The fourth-order valence-corrected chi connectivity index (χ4v) is 4.06. The molecule has 1 saturated heterocycles. The molecular weight excluding hydrogens is 420 g/mol. The molecule has 0 unspecified atom stereocenters. The summed E-state index contributed by atoms with van der Waals surface area (Å²) in [7, 11) is 3.19. The second kappa shape index (κ2) is 10.0. The number of anilines is 1. The van der Waals surface area contributed by atoms with Crippen LogP contribution in [0.5, 0.6) is 11.5 Å². The molecular formula is C25H30N4O4. The zero-order valence-electron chi connectivity index (χ0n) is 19.6. The molecule has 8 nitrogen and oxygen atoms in total. The molecule has 0 bridgehead atoms. The van der Waals surface area contributed by atoms with Gasteiger partial charge in [0.05, 0.1) is 20.8 Å². The normalized spacial score (nSPS) is 14.8. The van der Waals surface area contributed by atoms with E-state index in [0.717, 1.165) is 48.3 Å². The Hall–Kier alpha value is -3.39.